The van der Waals surface area contributed by atoms with Gasteiger partial charge in [0.1, 0.15) is 0 Å². The lowest BCUT2D eigenvalue weighted by Gasteiger charge is -2.22. The van der Waals surface area contributed by atoms with Gasteiger partial charge in [-0.2, -0.15) is 0 Å². The first kappa shape index (κ1) is 16.4. The molecule has 1 aromatic heterocycles. The Balaban J connectivity index is 2.86. The molecule has 0 aliphatic carbocycles. The van der Waals surface area contributed by atoms with E-state index in [2.05, 4.69) is 51.9 Å². The number of rotatable bonds is 8. The Morgan fingerprint density at radius 1 is 1.26 bits per heavy atom. The summed E-state index contributed by atoms with van der Waals surface area (Å²) in [5.74, 6) is 0. The van der Waals surface area contributed by atoms with E-state index < -0.39 is 0 Å². The minimum absolute atomic E-state index is 0.521. The molecule has 1 heterocycles. The molecule has 0 saturated heterocycles. The van der Waals surface area contributed by atoms with Crippen molar-refractivity contribution in [3.8, 4) is 0 Å². The number of hydrogen-bond donors (Lipinski definition) is 1. The van der Waals surface area contributed by atoms with Gasteiger partial charge in [-0.05, 0) is 19.8 Å². The zero-order chi connectivity index (χ0) is 14.4. The molecule has 3 nitrogen and oxygen atoms in total. The normalized spacial score (nSPS) is 13.0. The molecule has 0 fully saturated rings. The Kier molecular flexibility index (Phi) is 6.80. The third kappa shape index (κ3) is 4.77. The van der Waals surface area contributed by atoms with Gasteiger partial charge in [0.15, 0.2) is 5.13 Å². The van der Waals surface area contributed by atoms with Crippen molar-refractivity contribution in [2.45, 2.75) is 72.5 Å². The number of aryl methyl sites for hydroxylation is 1. The first-order chi connectivity index (χ1) is 8.99. The summed E-state index contributed by atoms with van der Waals surface area (Å²) in [6.45, 7) is 12.0. The Bertz CT molecular complexity index is 373. The van der Waals surface area contributed by atoms with Crippen LogP contribution in [0.1, 0.15) is 58.0 Å². The van der Waals surface area contributed by atoms with Gasteiger partial charge in [-0.15, -0.1) is 11.3 Å². The van der Waals surface area contributed by atoms with E-state index in [4.69, 9.17) is 4.98 Å². The van der Waals surface area contributed by atoms with Crippen molar-refractivity contribution >= 4 is 16.5 Å². The standard InChI is InChI=1S/C15H29N3S/c1-7-9-13-14(10-16-11(3)4)19-15(17-13)18(6)12(5)8-2/h11-12,16H,7-10H2,1-6H3. The molecule has 1 unspecified atom stereocenters. The van der Waals surface area contributed by atoms with Crippen LogP contribution < -0.4 is 10.2 Å². The predicted molar refractivity (Wildman–Crippen MR) is 86.2 cm³/mol. The fraction of sp³-hybridized carbons (Fsp3) is 0.800. The lowest BCUT2D eigenvalue weighted by atomic mass is 10.2. The highest BCUT2D eigenvalue weighted by Gasteiger charge is 2.16. The van der Waals surface area contributed by atoms with E-state index in [0.29, 0.717) is 12.1 Å². The van der Waals surface area contributed by atoms with Gasteiger partial charge in [-0.1, -0.05) is 34.1 Å². The molecule has 19 heavy (non-hydrogen) atoms. The van der Waals surface area contributed by atoms with E-state index in [-0.39, 0.29) is 0 Å². The van der Waals surface area contributed by atoms with Crippen LogP contribution in [0.4, 0.5) is 5.13 Å². The molecule has 0 amide bonds. The predicted octanol–water partition coefficient (Wildman–Crippen LogP) is 3.83. The highest BCUT2D eigenvalue weighted by Crippen LogP contribution is 2.28. The fourth-order valence-electron chi connectivity index (χ4n) is 1.85. The van der Waals surface area contributed by atoms with E-state index >= 15 is 0 Å². The first-order valence-electron chi connectivity index (χ1n) is 7.44. The van der Waals surface area contributed by atoms with Crippen molar-refractivity contribution in [3.05, 3.63) is 10.6 Å². The van der Waals surface area contributed by atoms with E-state index in [9.17, 15) is 0 Å². The highest BCUT2D eigenvalue weighted by atomic mass is 32.1. The molecule has 0 radical (unpaired) electrons. The summed E-state index contributed by atoms with van der Waals surface area (Å²) in [4.78, 5) is 8.56. The van der Waals surface area contributed by atoms with Gasteiger partial charge < -0.3 is 10.2 Å². The summed E-state index contributed by atoms with van der Waals surface area (Å²) >= 11 is 1.85. The number of aromatic nitrogens is 1. The van der Waals surface area contributed by atoms with Gasteiger partial charge in [0.05, 0.1) is 5.69 Å². The SMILES string of the molecule is CCCc1nc(N(C)C(C)CC)sc1CNC(C)C. The largest absolute Gasteiger partial charge is 0.348 e. The zero-order valence-electron chi connectivity index (χ0n) is 13.3. The third-order valence-electron chi connectivity index (χ3n) is 3.48. The van der Waals surface area contributed by atoms with Gasteiger partial charge in [0.2, 0.25) is 0 Å². The number of hydrogen-bond acceptors (Lipinski definition) is 4. The Morgan fingerprint density at radius 3 is 2.47 bits per heavy atom. The molecule has 1 rings (SSSR count). The molecule has 0 bridgehead atoms. The lowest BCUT2D eigenvalue weighted by Crippen LogP contribution is -2.27. The summed E-state index contributed by atoms with van der Waals surface area (Å²) in [6.07, 6.45) is 3.39. The summed E-state index contributed by atoms with van der Waals surface area (Å²) < 4.78 is 0. The maximum absolute atomic E-state index is 4.85. The maximum atomic E-state index is 4.85. The van der Waals surface area contributed by atoms with Gasteiger partial charge in [0.25, 0.3) is 0 Å². The van der Waals surface area contributed by atoms with Crippen LogP contribution in [0.15, 0.2) is 0 Å². The summed E-state index contributed by atoms with van der Waals surface area (Å²) in [5.41, 5.74) is 1.28. The summed E-state index contributed by atoms with van der Waals surface area (Å²) in [6, 6.07) is 1.07. The molecule has 1 N–H and O–H groups in total. The van der Waals surface area contributed by atoms with Crippen LogP contribution in [-0.2, 0) is 13.0 Å². The smallest absolute Gasteiger partial charge is 0.185 e. The van der Waals surface area contributed by atoms with E-state index in [1.54, 1.807) is 0 Å². The van der Waals surface area contributed by atoms with Gasteiger partial charge >= 0.3 is 0 Å². The minimum Gasteiger partial charge on any atom is -0.348 e. The van der Waals surface area contributed by atoms with Crippen molar-refractivity contribution in [1.82, 2.24) is 10.3 Å². The summed E-state index contributed by atoms with van der Waals surface area (Å²) in [5, 5.41) is 4.67. The van der Waals surface area contributed by atoms with E-state index in [0.717, 1.165) is 25.8 Å². The Morgan fingerprint density at radius 2 is 1.95 bits per heavy atom. The topological polar surface area (TPSA) is 28.2 Å². The quantitative estimate of drug-likeness (QED) is 0.786. The fourth-order valence-corrected chi connectivity index (χ4v) is 2.97. The molecular weight excluding hydrogens is 254 g/mol. The average molecular weight is 283 g/mol. The van der Waals surface area contributed by atoms with Crippen molar-refractivity contribution in [3.63, 3.8) is 0 Å². The van der Waals surface area contributed by atoms with Crippen LogP contribution in [0, 0.1) is 0 Å². The number of thiazole rings is 1. The lowest BCUT2D eigenvalue weighted by molar-refractivity contribution is 0.589. The van der Waals surface area contributed by atoms with Crippen molar-refractivity contribution in [2.24, 2.45) is 0 Å². The summed E-state index contributed by atoms with van der Waals surface area (Å²) in [7, 11) is 2.16. The Labute approximate surface area is 122 Å². The molecule has 1 aromatic rings. The highest BCUT2D eigenvalue weighted by molar-refractivity contribution is 7.15. The molecule has 0 saturated carbocycles. The van der Waals surface area contributed by atoms with Crippen LogP contribution in [-0.4, -0.2) is 24.1 Å². The molecule has 0 aromatic carbocycles. The average Bonchev–Trinajstić information content (AvgIpc) is 2.78. The van der Waals surface area contributed by atoms with Gasteiger partial charge in [-0.3, -0.25) is 0 Å². The zero-order valence-corrected chi connectivity index (χ0v) is 14.1. The van der Waals surface area contributed by atoms with Gasteiger partial charge in [0, 0.05) is 30.6 Å². The van der Waals surface area contributed by atoms with E-state index in [1.165, 1.54) is 15.7 Å². The second-order valence-electron chi connectivity index (χ2n) is 5.52. The van der Waals surface area contributed by atoms with Crippen LogP contribution in [0.2, 0.25) is 0 Å². The second-order valence-corrected chi connectivity index (χ2v) is 6.58. The monoisotopic (exact) mass is 283 g/mol. The molecular formula is C15H29N3S. The maximum Gasteiger partial charge on any atom is 0.185 e. The third-order valence-corrected chi connectivity index (χ3v) is 4.67. The van der Waals surface area contributed by atoms with Crippen molar-refractivity contribution in [1.29, 1.82) is 0 Å². The number of nitrogens with one attached hydrogen (secondary N) is 1. The molecule has 0 aliphatic heterocycles. The number of nitrogens with zero attached hydrogens (tertiary/aromatic N) is 2. The number of anilines is 1. The first-order valence-corrected chi connectivity index (χ1v) is 8.25. The Hall–Kier alpha value is -0.610. The molecule has 0 aliphatic rings. The van der Waals surface area contributed by atoms with Crippen LogP contribution in [0.3, 0.4) is 0 Å². The second kappa shape index (κ2) is 7.85. The van der Waals surface area contributed by atoms with Crippen molar-refractivity contribution < 1.29 is 0 Å². The van der Waals surface area contributed by atoms with Gasteiger partial charge in [-0.25, -0.2) is 4.98 Å². The molecule has 4 heteroatoms. The molecule has 110 valence electrons. The van der Waals surface area contributed by atoms with Crippen LogP contribution in [0.25, 0.3) is 0 Å². The molecule has 0 spiro atoms. The van der Waals surface area contributed by atoms with E-state index in [1.807, 2.05) is 11.3 Å². The molecule has 1 atom stereocenters. The van der Waals surface area contributed by atoms with Crippen LogP contribution in [0.5, 0.6) is 0 Å². The minimum atomic E-state index is 0.521. The van der Waals surface area contributed by atoms with Crippen LogP contribution >= 0.6 is 11.3 Å². The van der Waals surface area contributed by atoms with Crippen molar-refractivity contribution in [2.75, 3.05) is 11.9 Å².